The minimum Gasteiger partial charge on any atom is -0.411 e. The molecule has 1 aliphatic heterocycles. The Hall–Kier alpha value is -0.570. The molecule has 3 heteroatoms. The first kappa shape index (κ1) is 12.9. The molecule has 1 heterocycles. The second-order valence-electron chi connectivity index (χ2n) is 5.51. The second kappa shape index (κ2) is 7.00. The molecule has 0 aromatic rings. The molecule has 3 nitrogen and oxygen atoms in total. The number of rotatable bonds is 1. The highest BCUT2D eigenvalue weighted by Gasteiger charge is 2.25. The van der Waals surface area contributed by atoms with E-state index in [2.05, 4.69) is 10.1 Å². The van der Waals surface area contributed by atoms with Crippen molar-refractivity contribution in [3.63, 3.8) is 0 Å². The lowest BCUT2D eigenvalue weighted by atomic mass is 9.93. The van der Waals surface area contributed by atoms with Gasteiger partial charge in [-0.3, -0.25) is 4.90 Å². The highest BCUT2D eigenvalue weighted by atomic mass is 16.4. The van der Waals surface area contributed by atoms with Crippen LogP contribution in [0.2, 0.25) is 0 Å². The highest BCUT2D eigenvalue weighted by Crippen LogP contribution is 2.22. The van der Waals surface area contributed by atoms with Crippen LogP contribution < -0.4 is 0 Å². The van der Waals surface area contributed by atoms with E-state index in [4.69, 9.17) is 0 Å². The van der Waals surface area contributed by atoms with Crippen LogP contribution in [-0.2, 0) is 0 Å². The van der Waals surface area contributed by atoms with Gasteiger partial charge in [-0.15, -0.1) is 0 Å². The first-order valence-electron chi connectivity index (χ1n) is 7.36. The van der Waals surface area contributed by atoms with Gasteiger partial charge < -0.3 is 5.21 Å². The molecule has 1 N–H and O–H groups in total. The molecule has 0 spiro atoms. The van der Waals surface area contributed by atoms with Gasteiger partial charge in [0.05, 0.1) is 11.8 Å². The summed E-state index contributed by atoms with van der Waals surface area (Å²) < 4.78 is 0. The Morgan fingerprint density at radius 1 is 0.882 bits per heavy atom. The molecule has 1 saturated heterocycles. The third-order valence-corrected chi connectivity index (χ3v) is 4.25. The van der Waals surface area contributed by atoms with Gasteiger partial charge in [-0.2, -0.15) is 0 Å². The van der Waals surface area contributed by atoms with Crippen molar-refractivity contribution in [3.8, 4) is 0 Å². The average molecular weight is 238 g/mol. The Labute approximate surface area is 105 Å². The number of hydrogen-bond acceptors (Lipinski definition) is 3. The second-order valence-corrected chi connectivity index (χ2v) is 5.51. The zero-order chi connectivity index (χ0) is 11.9. The summed E-state index contributed by atoms with van der Waals surface area (Å²) >= 11 is 0. The Balaban J connectivity index is 2.01. The van der Waals surface area contributed by atoms with Gasteiger partial charge in [0.2, 0.25) is 0 Å². The van der Waals surface area contributed by atoms with Crippen molar-refractivity contribution in [2.45, 2.75) is 70.3 Å². The standard InChI is InChI=1S/C14H26N2O/c17-15-13-9-5-1-2-6-10-14(13)16-11-7-3-4-8-12-16/h14,17H,1-12H2/b15-13-/t14-/m1/s1. The molecule has 0 bridgehead atoms. The zero-order valence-electron chi connectivity index (χ0n) is 10.9. The normalized spacial score (nSPS) is 31.8. The van der Waals surface area contributed by atoms with Crippen molar-refractivity contribution >= 4 is 5.71 Å². The maximum atomic E-state index is 9.24. The minimum absolute atomic E-state index is 0.429. The fourth-order valence-electron chi connectivity index (χ4n) is 3.25. The van der Waals surface area contributed by atoms with Gasteiger partial charge in [0.25, 0.3) is 0 Å². The summed E-state index contributed by atoms with van der Waals surface area (Å²) in [7, 11) is 0. The maximum Gasteiger partial charge on any atom is 0.0742 e. The van der Waals surface area contributed by atoms with Crippen LogP contribution in [0.5, 0.6) is 0 Å². The van der Waals surface area contributed by atoms with Gasteiger partial charge in [-0.05, 0) is 45.2 Å². The zero-order valence-corrected chi connectivity index (χ0v) is 10.9. The van der Waals surface area contributed by atoms with Crippen LogP contribution in [0.4, 0.5) is 0 Å². The number of hydrogen-bond donors (Lipinski definition) is 1. The molecule has 2 fully saturated rings. The van der Waals surface area contributed by atoms with Crippen LogP contribution >= 0.6 is 0 Å². The summed E-state index contributed by atoms with van der Waals surface area (Å²) in [6.45, 7) is 2.40. The van der Waals surface area contributed by atoms with Gasteiger partial charge in [-0.1, -0.05) is 37.3 Å². The van der Waals surface area contributed by atoms with Gasteiger partial charge >= 0.3 is 0 Å². The van der Waals surface area contributed by atoms with Gasteiger partial charge in [0.1, 0.15) is 0 Å². The fraction of sp³-hybridized carbons (Fsp3) is 0.929. The lowest BCUT2D eigenvalue weighted by Gasteiger charge is -2.32. The molecule has 1 saturated carbocycles. The van der Waals surface area contributed by atoms with Gasteiger partial charge in [0, 0.05) is 0 Å². The van der Waals surface area contributed by atoms with E-state index in [1.54, 1.807) is 0 Å². The van der Waals surface area contributed by atoms with E-state index in [1.807, 2.05) is 0 Å². The van der Waals surface area contributed by atoms with Crippen molar-refractivity contribution < 1.29 is 5.21 Å². The van der Waals surface area contributed by atoms with E-state index in [0.29, 0.717) is 6.04 Å². The number of likely N-dealkylation sites (tertiary alicyclic amines) is 1. The van der Waals surface area contributed by atoms with Crippen LogP contribution in [-0.4, -0.2) is 35.0 Å². The Morgan fingerprint density at radius 2 is 1.53 bits per heavy atom. The molecule has 17 heavy (non-hydrogen) atoms. The summed E-state index contributed by atoms with van der Waals surface area (Å²) in [4.78, 5) is 2.58. The Bertz CT molecular complexity index is 245. The summed E-state index contributed by atoms with van der Waals surface area (Å²) in [5.74, 6) is 0. The maximum absolute atomic E-state index is 9.24. The molecule has 0 radical (unpaired) electrons. The Morgan fingerprint density at radius 3 is 2.24 bits per heavy atom. The molecular formula is C14H26N2O. The van der Waals surface area contributed by atoms with Crippen LogP contribution in [0.1, 0.15) is 64.2 Å². The summed E-state index contributed by atoms with van der Waals surface area (Å²) in [6, 6.07) is 0.429. The summed E-state index contributed by atoms with van der Waals surface area (Å²) in [5.41, 5.74) is 1.05. The molecule has 2 aliphatic rings. The third kappa shape index (κ3) is 3.70. The quantitative estimate of drug-likeness (QED) is 0.561. The first-order valence-corrected chi connectivity index (χ1v) is 7.36. The number of nitrogens with zero attached hydrogens (tertiary/aromatic N) is 2. The lowest BCUT2D eigenvalue weighted by molar-refractivity contribution is 0.224. The van der Waals surface area contributed by atoms with Crippen LogP contribution in [0.3, 0.4) is 0 Å². The average Bonchev–Trinajstić information content (AvgIpc) is 2.58. The molecule has 0 unspecified atom stereocenters. The van der Waals surface area contributed by atoms with E-state index < -0.39 is 0 Å². The fourth-order valence-corrected chi connectivity index (χ4v) is 3.25. The smallest absolute Gasteiger partial charge is 0.0742 e. The largest absolute Gasteiger partial charge is 0.411 e. The molecule has 1 atom stereocenters. The van der Waals surface area contributed by atoms with Crippen molar-refractivity contribution in [2.75, 3.05) is 13.1 Å². The molecule has 0 amide bonds. The van der Waals surface area contributed by atoms with E-state index in [9.17, 15) is 5.21 Å². The molecule has 0 aromatic heterocycles. The Kier molecular flexibility index (Phi) is 5.30. The van der Waals surface area contributed by atoms with Crippen molar-refractivity contribution in [2.24, 2.45) is 5.16 Å². The first-order chi connectivity index (χ1) is 8.42. The topological polar surface area (TPSA) is 35.8 Å². The lowest BCUT2D eigenvalue weighted by Crippen LogP contribution is -2.42. The van der Waals surface area contributed by atoms with E-state index in [0.717, 1.165) is 12.1 Å². The van der Waals surface area contributed by atoms with Crippen LogP contribution in [0.25, 0.3) is 0 Å². The number of oxime groups is 1. The monoisotopic (exact) mass is 238 g/mol. The molecule has 98 valence electrons. The van der Waals surface area contributed by atoms with E-state index >= 15 is 0 Å². The summed E-state index contributed by atoms with van der Waals surface area (Å²) in [6.07, 6.45) is 12.7. The van der Waals surface area contributed by atoms with Crippen molar-refractivity contribution in [1.29, 1.82) is 0 Å². The predicted molar refractivity (Wildman–Crippen MR) is 70.8 cm³/mol. The van der Waals surface area contributed by atoms with E-state index in [-0.39, 0.29) is 0 Å². The predicted octanol–water partition coefficient (Wildman–Crippen LogP) is 3.42. The van der Waals surface area contributed by atoms with Gasteiger partial charge in [-0.25, -0.2) is 0 Å². The van der Waals surface area contributed by atoms with E-state index in [1.165, 1.54) is 70.9 Å². The summed E-state index contributed by atoms with van der Waals surface area (Å²) in [5, 5.41) is 12.9. The highest BCUT2D eigenvalue weighted by molar-refractivity contribution is 5.89. The minimum atomic E-state index is 0.429. The van der Waals surface area contributed by atoms with Crippen molar-refractivity contribution in [1.82, 2.24) is 4.90 Å². The van der Waals surface area contributed by atoms with Crippen LogP contribution in [0, 0.1) is 0 Å². The molecule has 0 aromatic carbocycles. The molecular weight excluding hydrogens is 212 g/mol. The molecule has 1 aliphatic carbocycles. The molecule has 2 rings (SSSR count). The third-order valence-electron chi connectivity index (χ3n) is 4.25. The van der Waals surface area contributed by atoms with Crippen molar-refractivity contribution in [3.05, 3.63) is 0 Å². The SMILES string of the molecule is O/N=C1/CCCCCC[C@H]1N1CCCCCC1. The van der Waals surface area contributed by atoms with Gasteiger partial charge in [0.15, 0.2) is 0 Å². The van der Waals surface area contributed by atoms with Crippen LogP contribution in [0.15, 0.2) is 5.16 Å².